The molecule has 0 aliphatic carbocycles. The number of hydrogen-bond donors (Lipinski definition) is 1. The number of carbonyl (C=O) groups excluding carboxylic acids is 1. The van der Waals surface area contributed by atoms with E-state index in [-0.39, 0.29) is 17.9 Å². The molecule has 3 rings (SSSR count). The molecule has 6 nitrogen and oxygen atoms in total. The van der Waals surface area contributed by atoms with Crippen molar-refractivity contribution in [3.8, 4) is 5.75 Å². The largest absolute Gasteiger partial charge is 0.497 e. The minimum Gasteiger partial charge on any atom is -0.497 e. The van der Waals surface area contributed by atoms with Crippen LogP contribution in [0.3, 0.4) is 0 Å². The molecule has 1 aliphatic heterocycles. The molecule has 1 unspecified atom stereocenters. The number of nitrogens with one attached hydrogen (secondary N) is 1. The Labute approximate surface area is 167 Å². The zero-order valence-electron chi connectivity index (χ0n) is 17.4. The average Bonchev–Trinajstić information content (AvgIpc) is 3.18. The number of benzene rings is 1. The molecule has 1 aromatic heterocycles. The fourth-order valence-electron chi connectivity index (χ4n) is 3.39. The van der Waals surface area contributed by atoms with Crippen LogP contribution < -0.4 is 15.0 Å². The molecular weight excluding hydrogens is 352 g/mol. The fraction of sp³-hybridized carbons (Fsp3) is 0.500. The lowest BCUT2D eigenvalue weighted by molar-refractivity contribution is -0.117. The van der Waals surface area contributed by atoms with Crippen LogP contribution in [-0.2, 0) is 4.79 Å². The van der Waals surface area contributed by atoms with E-state index in [1.165, 1.54) is 0 Å². The topological polar surface area (TPSA) is 67.3 Å². The third-order valence-corrected chi connectivity index (χ3v) is 5.06. The van der Waals surface area contributed by atoms with Gasteiger partial charge in [0.1, 0.15) is 23.4 Å². The standard InChI is InChI=1S/C22H30N4O2/c1-14(2)18-13-20(25-21(24-18)15(3)4)26-12-6-7-19(26)22(27)23-16-8-10-17(28-5)11-9-16/h8-11,13-15,19H,6-7,12H2,1-5H3,(H,23,27). The Morgan fingerprint density at radius 1 is 1.14 bits per heavy atom. The summed E-state index contributed by atoms with van der Waals surface area (Å²) in [5.74, 6) is 3.01. The maximum atomic E-state index is 13.0. The van der Waals surface area contributed by atoms with Crippen molar-refractivity contribution < 1.29 is 9.53 Å². The van der Waals surface area contributed by atoms with Gasteiger partial charge in [0, 0.05) is 29.9 Å². The van der Waals surface area contributed by atoms with E-state index in [0.29, 0.717) is 5.92 Å². The summed E-state index contributed by atoms with van der Waals surface area (Å²) in [5, 5.41) is 3.03. The summed E-state index contributed by atoms with van der Waals surface area (Å²) in [6.45, 7) is 9.29. The lowest BCUT2D eigenvalue weighted by Crippen LogP contribution is -2.40. The number of aromatic nitrogens is 2. The van der Waals surface area contributed by atoms with E-state index in [4.69, 9.17) is 14.7 Å². The molecule has 1 N–H and O–H groups in total. The second kappa shape index (κ2) is 8.59. The van der Waals surface area contributed by atoms with Crippen molar-refractivity contribution in [2.24, 2.45) is 0 Å². The number of nitrogens with zero attached hydrogens (tertiary/aromatic N) is 3. The van der Waals surface area contributed by atoms with Crippen molar-refractivity contribution in [1.29, 1.82) is 0 Å². The fourth-order valence-corrected chi connectivity index (χ4v) is 3.39. The number of methoxy groups -OCH3 is 1. The zero-order valence-corrected chi connectivity index (χ0v) is 17.4. The summed E-state index contributed by atoms with van der Waals surface area (Å²) < 4.78 is 5.17. The molecule has 1 amide bonds. The highest BCUT2D eigenvalue weighted by atomic mass is 16.5. The van der Waals surface area contributed by atoms with Gasteiger partial charge in [-0.3, -0.25) is 4.79 Å². The number of carbonyl (C=O) groups is 1. The van der Waals surface area contributed by atoms with E-state index >= 15 is 0 Å². The van der Waals surface area contributed by atoms with Crippen molar-refractivity contribution in [1.82, 2.24) is 9.97 Å². The molecule has 28 heavy (non-hydrogen) atoms. The highest BCUT2D eigenvalue weighted by Gasteiger charge is 2.32. The summed E-state index contributed by atoms with van der Waals surface area (Å²) >= 11 is 0. The normalized spacial score (nSPS) is 16.7. The molecule has 1 saturated heterocycles. The Balaban J connectivity index is 1.82. The van der Waals surface area contributed by atoms with Crippen LogP contribution in [0.15, 0.2) is 30.3 Å². The van der Waals surface area contributed by atoms with Gasteiger partial charge in [-0.25, -0.2) is 9.97 Å². The minimum absolute atomic E-state index is 0.00141. The van der Waals surface area contributed by atoms with Crippen LogP contribution in [0.25, 0.3) is 0 Å². The SMILES string of the molecule is COc1ccc(NC(=O)C2CCCN2c2cc(C(C)C)nc(C(C)C)n2)cc1. The molecule has 0 radical (unpaired) electrons. The van der Waals surface area contributed by atoms with Gasteiger partial charge in [0.15, 0.2) is 0 Å². The lowest BCUT2D eigenvalue weighted by Gasteiger charge is -2.26. The van der Waals surface area contributed by atoms with E-state index in [2.05, 4.69) is 37.9 Å². The summed E-state index contributed by atoms with van der Waals surface area (Å²) in [5.41, 5.74) is 1.79. The van der Waals surface area contributed by atoms with Gasteiger partial charge < -0.3 is 15.0 Å². The Morgan fingerprint density at radius 3 is 2.46 bits per heavy atom. The predicted molar refractivity (Wildman–Crippen MR) is 112 cm³/mol. The molecule has 6 heteroatoms. The van der Waals surface area contributed by atoms with Gasteiger partial charge in [-0.15, -0.1) is 0 Å². The summed E-state index contributed by atoms with van der Waals surface area (Å²) in [4.78, 5) is 24.6. The second-order valence-electron chi connectivity index (χ2n) is 7.89. The maximum Gasteiger partial charge on any atom is 0.247 e. The molecule has 0 saturated carbocycles. The lowest BCUT2D eigenvalue weighted by atomic mass is 10.1. The van der Waals surface area contributed by atoms with Gasteiger partial charge >= 0.3 is 0 Å². The molecular formula is C22H30N4O2. The van der Waals surface area contributed by atoms with Gasteiger partial charge in [0.25, 0.3) is 0 Å². The monoisotopic (exact) mass is 382 g/mol. The van der Waals surface area contributed by atoms with Crippen molar-refractivity contribution in [2.75, 3.05) is 23.9 Å². The Kier molecular flexibility index (Phi) is 6.17. The van der Waals surface area contributed by atoms with Gasteiger partial charge in [0.2, 0.25) is 5.91 Å². The number of anilines is 2. The van der Waals surface area contributed by atoms with E-state index < -0.39 is 0 Å². The second-order valence-corrected chi connectivity index (χ2v) is 7.89. The third kappa shape index (κ3) is 4.43. The van der Waals surface area contributed by atoms with Crippen LogP contribution in [0.1, 0.15) is 63.9 Å². The van der Waals surface area contributed by atoms with Crippen LogP contribution in [-0.4, -0.2) is 35.6 Å². The first-order valence-electron chi connectivity index (χ1n) is 9.99. The predicted octanol–water partition coefficient (Wildman–Crippen LogP) is 4.34. The highest BCUT2D eigenvalue weighted by molar-refractivity contribution is 5.97. The summed E-state index contributed by atoms with van der Waals surface area (Å²) in [6, 6.07) is 9.21. The van der Waals surface area contributed by atoms with Gasteiger partial charge in [-0.05, 0) is 43.0 Å². The molecule has 0 spiro atoms. The minimum atomic E-state index is -0.225. The molecule has 1 atom stereocenters. The molecule has 2 heterocycles. The van der Waals surface area contributed by atoms with Crippen LogP contribution in [0.2, 0.25) is 0 Å². The van der Waals surface area contributed by atoms with E-state index in [1.54, 1.807) is 7.11 Å². The van der Waals surface area contributed by atoms with Crippen molar-refractivity contribution in [3.05, 3.63) is 41.9 Å². The van der Waals surface area contributed by atoms with E-state index in [0.717, 1.165) is 48.2 Å². The number of rotatable bonds is 6. The average molecular weight is 383 g/mol. The molecule has 1 aliphatic rings. The maximum absolute atomic E-state index is 13.0. The smallest absolute Gasteiger partial charge is 0.247 e. The molecule has 1 aromatic carbocycles. The van der Waals surface area contributed by atoms with Crippen LogP contribution in [0.5, 0.6) is 5.75 Å². The number of hydrogen-bond acceptors (Lipinski definition) is 5. The quantitative estimate of drug-likeness (QED) is 0.805. The number of amides is 1. The Bertz CT molecular complexity index is 792. The first kappa shape index (κ1) is 20.1. The highest BCUT2D eigenvalue weighted by Crippen LogP contribution is 2.28. The summed E-state index contributed by atoms with van der Waals surface area (Å²) in [6.07, 6.45) is 1.79. The van der Waals surface area contributed by atoms with E-state index in [9.17, 15) is 4.79 Å². The van der Waals surface area contributed by atoms with Crippen molar-refractivity contribution in [2.45, 2.75) is 58.4 Å². The molecule has 0 bridgehead atoms. The third-order valence-electron chi connectivity index (χ3n) is 5.06. The van der Waals surface area contributed by atoms with Crippen LogP contribution in [0.4, 0.5) is 11.5 Å². The summed E-state index contributed by atoms with van der Waals surface area (Å²) in [7, 11) is 1.63. The molecule has 150 valence electrons. The molecule has 1 fully saturated rings. The van der Waals surface area contributed by atoms with Gasteiger partial charge in [-0.1, -0.05) is 27.7 Å². The van der Waals surface area contributed by atoms with Crippen molar-refractivity contribution >= 4 is 17.4 Å². The molecule has 2 aromatic rings. The Morgan fingerprint density at radius 2 is 1.86 bits per heavy atom. The Hall–Kier alpha value is -2.63. The van der Waals surface area contributed by atoms with Crippen LogP contribution in [0, 0.1) is 0 Å². The van der Waals surface area contributed by atoms with E-state index in [1.807, 2.05) is 30.3 Å². The first-order valence-corrected chi connectivity index (χ1v) is 9.99. The first-order chi connectivity index (χ1) is 13.4. The van der Waals surface area contributed by atoms with Crippen molar-refractivity contribution in [3.63, 3.8) is 0 Å². The van der Waals surface area contributed by atoms with Gasteiger partial charge in [0.05, 0.1) is 7.11 Å². The van der Waals surface area contributed by atoms with Crippen LogP contribution >= 0.6 is 0 Å². The number of ether oxygens (including phenoxy) is 1. The van der Waals surface area contributed by atoms with Gasteiger partial charge in [-0.2, -0.15) is 0 Å². The zero-order chi connectivity index (χ0) is 20.3.